The SMILES string of the molecule is C=C(C(=O)NCCCC)C(CCCC)NC(=O)C(NC(=O)OCc1ccccc1)C(C)C. The number of rotatable bonds is 14. The standard InChI is InChI=1S/C25H39N3O4/c1-6-8-15-21(19(5)23(29)26-16-9-7-2)27-24(30)22(18(3)4)28-25(31)32-17-20-13-11-10-12-14-20/h10-14,18,21-22H,5-9,15-17H2,1-4H3,(H,26,29)(H,27,30)(H,28,31). The lowest BCUT2D eigenvalue weighted by Gasteiger charge is -2.26. The zero-order valence-corrected chi connectivity index (χ0v) is 19.9. The average molecular weight is 446 g/mol. The number of carbonyl (C=O) groups is 3. The van der Waals surface area contributed by atoms with Crippen LogP contribution in [0, 0.1) is 5.92 Å². The van der Waals surface area contributed by atoms with Gasteiger partial charge in [0.05, 0.1) is 6.04 Å². The Balaban J connectivity index is 2.74. The molecule has 0 fully saturated rings. The molecule has 2 unspecified atom stereocenters. The van der Waals surface area contributed by atoms with Crippen LogP contribution in [0.2, 0.25) is 0 Å². The highest BCUT2D eigenvalue weighted by Crippen LogP contribution is 2.12. The van der Waals surface area contributed by atoms with E-state index < -0.39 is 18.2 Å². The summed E-state index contributed by atoms with van der Waals surface area (Å²) in [6, 6.07) is 8.04. The Morgan fingerprint density at radius 2 is 1.66 bits per heavy atom. The second-order valence-corrected chi connectivity index (χ2v) is 8.27. The monoisotopic (exact) mass is 445 g/mol. The van der Waals surface area contributed by atoms with E-state index in [-0.39, 0.29) is 24.3 Å². The molecule has 1 aromatic rings. The van der Waals surface area contributed by atoms with Crippen molar-refractivity contribution in [3.63, 3.8) is 0 Å². The van der Waals surface area contributed by atoms with Gasteiger partial charge in [-0.1, -0.05) is 83.9 Å². The Hall–Kier alpha value is -2.83. The Morgan fingerprint density at radius 1 is 1.00 bits per heavy atom. The van der Waals surface area contributed by atoms with Gasteiger partial charge in [0.15, 0.2) is 0 Å². The van der Waals surface area contributed by atoms with Gasteiger partial charge in [0.25, 0.3) is 0 Å². The molecule has 3 N–H and O–H groups in total. The molecule has 0 aromatic heterocycles. The fourth-order valence-electron chi connectivity index (χ4n) is 3.08. The molecular weight excluding hydrogens is 406 g/mol. The van der Waals surface area contributed by atoms with E-state index >= 15 is 0 Å². The van der Waals surface area contributed by atoms with Crippen LogP contribution in [0.4, 0.5) is 4.79 Å². The van der Waals surface area contributed by atoms with Crippen LogP contribution in [0.5, 0.6) is 0 Å². The molecule has 0 aliphatic rings. The molecule has 0 aliphatic carbocycles. The van der Waals surface area contributed by atoms with Gasteiger partial charge in [0.2, 0.25) is 11.8 Å². The van der Waals surface area contributed by atoms with E-state index in [1.165, 1.54) is 0 Å². The Morgan fingerprint density at radius 3 is 2.25 bits per heavy atom. The molecule has 1 rings (SSSR count). The van der Waals surface area contributed by atoms with Crippen LogP contribution >= 0.6 is 0 Å². The van der Waals surface area contributed by atoms with Crippen LogP contribution in [-0.4, -0.2) is 36.5 Å². The number of nitrogens with one attached hydrogen (secondary N) is 3. The van der Waals surface area contributed by atoms with Crippen LogP contribution in [0.3, 0.4) is 0 Å². The summed E-state index contributed by atoms with van der Waals surface area (Å²) in [7, 11) is 0. The van der Waals surface area contributed by atoms with Gasteiger partial charge >= 0.3 is 6.09 Å². The third-order valence-corrected chi connectivity index (χ3v) is 5.13. The first-order chi connectivity index (χ1) is 15.3. The molecule has 0 aliphatic heterocycles. The van der Waals surface area contributed by atoms with Gasteiger partial charge in [-0.25, -0.2) is 4.79 Å². The molecule has 7 nitrogen and oxygen atoms in total. The summed E-state index contributed by atoms with van der Waals surface area (Å²) >= 11 is 0. The summed E-state index contributed by atoms with van der Waals surface area (Å²) in [5.41, 5.74) is 1.19. The smallest absolute Gasteiger partial charge is 0.408 e. The molecule has 178 valence electrons. The number of hydrogen-bond donors (Lipinski definition) is 3. The maximum Gasteiger partial charge on any atom is 0.408 e. The van der Waals surface area contributed by atoms with E-state index in [0.29, 0.717) is 18.5 Å². The highest BCUT2D eigenvalue weighted by atomic mass is 16.5. The van der Waals surface area contributed by atoms with E-state index in [2.05, 4.69) is 29.5 Å². The second-order valence-electron chi connectivity index (χ2n) is 8.27. The van der Waals surface area contributed by atoms with Crippen molar-refractivity contribution in [1.29, 1.82) is 0 Å². The summed E-state index contributed by atoms with van der Waals surface area (Å²) in [6.07, 6.45) is 3.56. The first kappa shape index (κ1) is 27.2. The molecule has 7 heteroatoms. The van der Waals surface area contributed by atoms with Gasteiger partial charge in [-0.05, 0) is 24.3 Å². The summed E-state index contributed by atoms with van der Waals surface area (Å²) in [5.74, 6) is -0.783. The van der Waals surface area contributed by atoms with Gasteiger partial charge in [0, 0.05) is 12.1 Å². The fourth-order valence-corrected chi connectivity index (χ4v) is 3.08. The van der Waals surface area contributed by atoms with Crippen LogP contribution in [-0.2, 0) is 20.9 Å². The molecule has 0 saturated heterocycles. The molecular formula is C25H39N3O4. The third kappa shape index (κ3) is 9.98. The van der Waals surface area contributed by atoms with Gasteiger partial charge in [0.1, 0.15) is 12.6 Å². The van der Waals surface area contributed by atoms with E-state index in [0.717, 1.165) is 31.2 Å². The third-order valence-electron chi connectivity index (χ3n) is 5.13. The lowest BCUT2D eigenvalue weighted by Crippen LogP contribution is -2.53. The number of benzene rings is 1. The van der Waals surface area contributed by atoms with Crippen molar-refractivity contribution in [2.24, 2.45) is 5.92 Å². The van der Waals surface area contributed by atoms with Gasteiger partial charge in [-0.2, -0.15) is 0 Å². The van der Waals surface area contributed by atoms with Crippen LogP contribution in [0.1, 0.15) is 65.4 Å². The van der Waals surface area contributed by atoms with Gasteiger partial charge in [-0.3, -0.25) is 9.59 Å². The molecule has 3 amide bonds. The van der Waals surface area contributed by atoms with Crippen molar-refractivity contribution >= 4 is 17.9 Å². The normalized spacial score (nSPS) is 12.5. The maximum absolute atomic E-state index is 13.0. The predicted octanol–water partition coefficient (Wildman–Crippen LogP) is 4.08. The minimum atomic E-state index is -0.793. The molecule has 0 heterocycles. The molecule has 0 spiro atoms. The van der Waals surface area contributed by atoms with Gasteiger partial charge in [-0.15, -0.1) is 0 Å². The minimum Gasteiger partial charge on any atom is -0.445 e. The number of unbranched alkanes of at least 4 members (excludes halogenated alkanes) is 2. The van der Waals surface area contributed by atoms with Crippen molar-refractivity contribution in [2.45, 2.75) is 78.5 Å². The molecule has 2 atom stereocenters. The van der Waals surface area contributed by atoms with Crippen LogP contribution < -0.4 is 16.0 Å². The number of amides is 3. The maximum atomic E-state index is 13.0. The fraction of sp³-hybridized carbons (Fsp3) is 0.560. The summed E-state index contributed by atoms with van der Waals surface area (Å²) in [6.45, 7) is 12.4. The molecule has 0 radical (unpaired) electrons. The molecule has 0 bridgehead atoms. The molecule has 0 saturated carbocycles. The van der Waals surface area contributed by atoms with Gasteiger partial charge < -0.3 is 20.7 Å². The van der Waals surface area contributed by atoms with E-state index in [1.54, 1.807) is 0 Å². The molecule has 1 aromatic carbocycles. The van der Waals surface area contributed by atoms with Crippen molar-refractivity contribution < 1.29 is 19.1 Å². The quantitative estimate of drug-likeness (QED) is 0.297. The highest BCUT2D eigenvalue weighted by molar-refractivity contribution is 5.95. The minimum absolute atomic E-state index is 0.118. The number of carbonyl (C=O) groups excluding carboxylic acids is 3. The zero-order chi connectivity index (χ0) is 23.9. The second kappa shape index (κ2) is 15.1. The summed E-state index contributed by atoms with van der Waals surface area (Å²) in [4.78, 5) is 37.7. The average Bonchev–Trinajstić information content (AvgIpc) is 2.78. The first-order valence-electron chi connectivity index (χ1n) is 11.5. The summed E-state index contributed by atoms with van der Waals surface area (Å²) < 4.78 is 5.26. The lowest BCUT2D eigenvalue weighted by atomic mass is 9.99. The van der Waals surface area contributed by atoms with Crippen molar-refractivity contribution in [2.75, 3.05) is 6.54 Å². The Kier molecular flexibility index (Phi) is 12.8. The predicted molar refractivity (Wildman–Crippen MR) is 127 cm³/mol. The van der Waals surface area contributed by atoms with E-state index in [4.69, 9.17) is 4.74 Å². The van der Waals surface area contributed by atoms with Crippen molar-refractivity contribution in [3.05, 3.63) is 48.0 Å². The summed E-state index contributed by atoms with van der Waals surface area (Å²) in [5, 5.41) is 8.42. The first-order valence-corrected chi connectivity index (χ1v) is 11.5. The Labute approximate surface area is 192 Å². The number of alkyl carbamates (subject to hydrolysis) is 1. The van der Waals surface area contributed by atoms with E-state index in [9.17, 15) is 14.4 Å². The van der Waals surface area contributed by atoms with Crippen molar-refractivity contribution in [3.8, 4) is 0 Å². The topological polar surface area (TPSA) is 96.5 Å². The van der Waals surface area contributed by atoms with E-state index in [1.807, 2.05) is 51.1 Å². The number of ether oxygens (including phenoxy) is 1. The molecule has 32 heavy (non-hydrogen) atoms. The number of hydrogen-bond acceptors (Lipinski definition) is 4. The Bertz CT molecular complexity index is 734. The zero-order valence-electron chi connectivity index (χ0n) is 19.9. The highest BCUT2D eigenvalue weighted by Gasteiger charge is 2.28. The largest absolute Gasteiger partial charge is 0.445 e. The lowest BCUT2D eigenvalue weighted by molar-refractivity contribution is -0.124. The van der Waals surface area contributed by atoms with Crippen LogP contribution in [0.25, 0.3) is 0 Å². The van der Waals surface area contributed by atoms with Crippen molar-refractivity contribution in [1.82, 2.24) is 16.0 Å². The van der Waals surface area contributed by atoms with Crippen LogP contribution in [0.15, 0.2) is 42.5 Å².